The summed E-state index contributed by atoms with van der Waals surface area (Å²) >= 11 is 0.392. The van der Waals surface area contributed by atoms with Gasteiger partial charge in [-0.25, -0.2) is 0 Å². The molecule has 1 heterocycles. The molecule has 0 radical (unpaired) electrons. The van der Waals surface area contributed by atoms with Crippen LogP contribution in [0.2, 0.25) is 4.82 Å². The van der Waals surface area contributed by atoms with Crippen LogP contribution in [0.1, 0.15) is 31.7 Å². The van der Waals surface area contributed by atoms with Crippen LogP contribution in [0.4, 0.5) is 0 Å². The van der Waals surface area contributed by atoms with E-state index in [-0.39, 0.29) is 18.0 Å². The van der Waals surface area contributed by atoms with Crippen LogP contribution in [0.3, 0.4) is 0 Å². The molecule has 3 nitrogen and oxygen atoms in total. The van der Waals surface area contributed by atoms with Crippen LogP contribution in [0, 0.1) is 0 Å². The van der Waals surface area contributed by atoms with Crippen LogP contribution in [-0.2, 0) is 4.79 Å². The second kappa shape index (κ2) is 7.15. The Labute approximate surface area is 155 Å². The average molecular weight is 397 g/mol. The van der Waals surface area contributed by atoms with E-state index in [0.717, 1.165) is 17.8 Å². The number of amidine groups is 1. The van der Waals surface area contributed by atoms with Crippen molar-refractivity contribution < 1.29 is 4.79 Å². The Balaban J connectivity index is 1.66. The second-order valence-corrected chi connectivity index (χ2v) is 9.42. The summed E-state index contributed by atoms with van der Waals surface area (Å²) in [4.78, 5) is 20.0. The number of hydrogen-bond acceptors (Lipinski definition) is 2. The molecule has 0 unspecified atom stereocenters. The summed E-state index contributed by atoms with van der Waals surface area (Å²) in [6, 6.07) is 21.4. The molecule has 2 aromatic rings. The molecule has 0 bridgehead atoms. The Morgan fingerprint density at radius 2 is 1.72 bits per heavy atom. The molecule has 1 aliphatic carbocycles. The van der Waals surface area contributed by atoms with Gasteiger partial charge < -0.3 is 0 Å². The van der Waals surface area contributed by atoms with Gasteiger partial charge in [-0.1, -0.05) is 0 Å². The van der Waals surface area contributed by atoms with Crippen LogP contribution >= 0.6 is 0 Å². The van der Waals surface area contributed by atoms with E-state index in [1.807, 2.05) is 23.1 Å². The Bertz CT molecular complexity index is 775. The first-order chi connectivity index (χ1) is 12.2. The van der Waals surface area contributed by atoms with Gasteiger partial charge in [0.2, 0.25) is 0 Å². The third-order valence-corrected chi connectivity index (χ3v) is 7.85. The van der Waals surface area contributed by atoms with Crippen LogP contribution < -0.4 is 4.46 Å². The molecule has 1 saturated carbocycles. The molecule has 3 atom stereocenters. The molecule has 1 aliphatic heterocycles. The number of amides is 1. The van der Waals surface area contributed by atoms with E-state index in [1.165, 1.54) is 17.3 Å². The summed E-state index contributed by atoms with van der Waals surface area (Å²) in [6.45, 7) is 1.67. The number of carbonyl (C=O) groups is 1. The Morgan fingerprint density at radius 1 is 1.04 bits per heavy atom. The van der Waals surface area contributed by atoms with Gasteiger partial charge in [0.15, 0.2) is 0 Å². The molecule has 0 spiro atoms. The zero-order chi connectivity index (χ0) is 17.2. The van der Waals surface area contributed by atoms with Crippen molar-refractivity contribution in [1.29, 1.82) is 0 Å². The van der Waals surface area contributed by atoms with Crippen molar-refractivity contribution in [3.8, 4) is 0 Å². The van der Waals surface area contributed by atoms with Gasteiger partial charge in [0.05, 0.1) is 0 Å². The van der Waals surface area contributed by atoms with E-state index in [2.05, 4.69) is 42.5 Å². The van der Waals surface area contributed by atoms with Gasteiger partial charge in [-0.2, -0.15) is 0 Å². The number of benzene rings is 2. The summed E-state index contributed by atoms with van der Waals surface area (Å²) in [5, 5.41) is 0. The standard InChI is InChI=1S/C21H22N2OSe/c1-15(24)23-18-13-8-14-19(25-17-11-6-3-7-12-17)20(18)22-21(23)16-9-4-2-5-10-16/h2-7,9-12,18-20H,8,13-14H2,1H3/t18-,19-,20-/m0/s1. The third kappa shape index (κ3) is 3.29. The number of fused-ring (bicyclic) bond motifs is 1. The minimum absolute atomic E-state index is 0.114. The summed E-state index contributed by atoms with van der Waals surface area (Å²) in [5.74, 6) is 0.988. The van der Waals surface area contributed by atoms with E-state index in [0.29, 0.717) is 19.8 Å². The summed E-state index contributed by atoms with van der Waals surface area (Å²) in [7, 11) is 0. The molecule has 0 N–H and O–H groups in total. The maximum absolute atomic E-state index is 12.4. The predicted octanol–water partition coefficient (Wildman–Crippen LogP) is 3.03. The summed E-state index contributed by atoms with van der Waals surface area (Å²) in [5.41, 5.74) is 1.05. The Morgan fingerprint density at radius 3 is 2.40 bits per heavy atom. The molecular formula is C21H22N2OSe. The van der Waals surface area contributed by atoms with Crippen molar-refractivity contribution in [3.05, 3.63) is 66.2 Å². The number of nitrogens with zero attached hydrogens (tertiary/aromatic N) is 2. The molecule has 2 aliphatic rings. The van der Waals surface area contributed by atoms with E-state index in [4.69, 9.17) is 4.99 Å². The van der Waals surface area contributed by atoms with Crippen LogP contribution in [0.5, 0.6) is 0 Å². The Hall–Kier alpha value is -1.90. The van der Waals surface area contributed by atoms with Gasteiger partial charge in [-0.3, -0.25) is 0 Å². The monoisotopic (exact) mass is 398 g/mol. The van der Waals surface area contributed by atoms with Crippen molar-refractivity contribution in [1.82, 2.24) is 4.90 Å². The minimum atomic E-state index is 0.114. The molecular weight excluding hydrogens is 375 g/mol. The molecule has 2 aromatic carbocycles. The van der Waals surface area contributed by atoms with Crippen LogP contribution in [-0.4, -0.2) is 43.7 Å². The molecule has 25 heavy (non-hydrogen) atoms. The fraction of sp³-hybridized carbons (Fsp3) is 0.333. The molecule has 128 valence electrons. The van der Waals surface area contributed by atoms with Crippen molar-refractivity contribution >= 4 is 31.2 Å². The van der Waals surface area contributed by atoms with Crippen molar-refractivity contribution in [2.24, 2.45) is 4.99 Å². The zero-order valence-electron chi connectivity index (χ0n) is 14.3. The summed E-state index contributed by atoms with van der Waals surface area (Å²) < 4.78 is 1.43. The summed E-state index contributed by atoms with van der Waals surface area (Å²) in [6.07, 6.45) is 3.46. The van der Waals surface area contributed by atoms with Gasteiger partial charge in [0.25, 0.3) is 0 Å². The fourth-order valence-electron chi connectivity index (χ4n) is 3.91. The number of aliphatic imine (C=N–C) groups is 1. The molecule has 0 saturated heterocycles. The van der Waals surface area contributed by atoms with Gasteiger partial charge in [0.1, 0.15) is 0 Å². The van der Waals surface area contributed by atoms with Gasteiger partial charge in [0, 0.05) is 0 Å². The maximum atomic E-state index is 12.4. The number of carbonyl (C=O) groups excluding carboxylic acids is 1. The SMILES string of the molecule is CC(=O)N1C(c2ccccc2)=N[C@@H]2[C@@H]([Se]c3ccccc3)CCC[C@@H]21. The van der Waals surface area contributed by atoms with E-state index in [1.54, 1.807) is 6.92 Å². The van der Waals surface area contributed by atoms with E-state index < -0.39 is 0 Å². The topological polar surface area (TPSA) is 32.7 Å². The van der Waals surface area contributed by atoms with E-state index in [9.17, 15) is 4.79 Å². The van der Waals surface area contributed by atoms with Crippen molar-refractivity contribution in [2.45, 2.75) is 43.1 Å². The second-order valence-electron chi connectivity index (χ2n) is 6.67. The first-order valence-electron chi connectivity index (χ1n) is 8.89. The normalized spacial score (nSPS) is 25.4. The molecule has 4 heteroatoms. The quantitative estimate of drug-likeness (QED) is 0.733. The fourth-order valence-corrected chi connectivity index (χ4v) is 6.71. The predicted molar refractivity (Wildman–Crippen MR) is 103 cm³/mol. The van der Waals surface area contributed by atoms with Crippen LogP contribution in [0.15, 0.2) is 65.7 Å². The molecule has 1 fully saturated rings. The third-order valence-electron chi connectivity index (χ3n) is 5.00. The van der Waals surface area contributed by atoms with Crippen molar-refractivity contribution in [2.75, 3.05) is 0 Å². The average Bonchev–Trinajstić information content (AvgIpc) is 3.04. The van der Waals surface area contributed by atoms with Gasteiger partial charge >= 0.3 is 155 Å². The first kappa shape index (κ1) is 16.6. The van der Waals surface area contributed by atoms with Crippen LogP contribution in [0.25, 0.3) is 0 Å². The van der Waals surface area contributed by atoms with Crippen molar-refractivity contribution in [3.63, 3.8) is 0 Å². The van der Waals surface area contributed by atoms with Gasteiger partial charge in [-0.05, 0) is 0 Å². The number of hydrogen-bond donors (Lipinski definition) is 0. The number of rotatable bonds is 3. The molecule has 1 amide bonds. The van der Waals surface area contributed by atoms with E-state index >= 15 is 0 Å². The molecule has 4 rings (SSSR count). The zero-order valence-corrected chi connectivity index (χ0v) is 16.1. The van der Waals surface area contributed by atoms with Gasteiger partial charge in [-0.15, -0.1) is 0 Å². The first-order valence-corrected chi connectivity index (χ1v) is 10.7. The Kier molecular flexibility index (Phi) is 4.74. The molecule has 0 aromatic heterocycles.